The zero-order valence-electron chi connectivity index (χ0n) is 9.83. The van der Waals surface area contributed by atoms with Gasteiger partial charge in [-0.3, -0.25) is 0 Å². The Morgan fingerprint density at radius 3 is 2.53 bits per heavy atom. The van der Waals surface area contributed by atoms with Gasteiger partial charge < -0.3 is 5.73 Å². The van der Waals surface area contributed by atoms with E-state index in [-0.39, 0.29) is 0 Å². The van der Waals surface area contributed by atoms with Crippen LogP contribution in [0.3, 0.4) is 0 Å². The molecule has 2 N–H and O–H groups in total. The van der Waals surface area contributed by atoms with E-state index in [9.17, 15) is 13.2 Å². The fraction of sp³-hybridized carbons (Fsp3) is 0.250. The van der Waals surface area contributed by atoms with Gasteiger partial charge in [0.25, 0.3) is 0 Å². The summed E-state index contributed by atoms with van der Waals surface area (Å²) in [6.45, 7) is 1.84. The summed E-state index contributed by atoms with van der Waals surface area (Å²) in [7, 11) is 0. The van der Waals surface area contributed by atoms with Crippen molar-refractivity contribution in [2.75, 3.05) is 0 Å². The number of rotatable bonds is 2. The van der Waals surface area contributed by atoms with E-state index in [0.29, 0.717) is 26.8 Å². The number of aryl methyl sites for hydroxylation is 1. The van der Waals surface area contributed by atoms with Crippen molar-refractivity contribution in [2.24, 2.45) is 5.73 Å². The van der Waals surface area contributed by atoms with Crippen LogP contribution in [0.4, 0.5) is 13.2 Å². The molecule has 1 aromatic carbocycles. The van der Waals surface area contributed by atoms with Gasteiger partial charge in [-0.15, -0.1) is 11.3 Å². The van der Waals surface area contributed by atoms with Crippen LogP contribution in [0.5, 0.6) is 0 Å². The van der Waals surface area contributed by atoms with E-state index in [2.05, 4.69) is 4.98 Å². The maximum Gasteiger partial charge on any atom is 0.443 e. The first-order valence-corrected chi connectivity index (χ1v) is 6.52. The summed E-state index contributed by atoms with van der Waals surface area (Å²) in [5.74, 6) is 0. The second-order valence-corrected chi connectivity index (χ2v) is 5.60. The quantitative estimate of drug-likeness (QED) is 0.904. The van der Waals surface area contributed by atoms with Crippen molar-refractivity contribution in [3.05, 3.63) is 50.4 Å². The monoisotopic (exact) mass is 306 g/mol. The van der Waals surface area contributed by atoms with Crippen LogP contribution >= 0.6 is 22.9 Å². The Labute approximate surface area is 117 Å². The summed E-state index contributed by atoms with van der Waals surface area (Å²) in [6.07, 6.45) is -3.28. The van der Waals surface area contributed by atoms with Gasteiger partial charge in [0.15, 0.2) is 5.01 Å². The van der Waals surface area contributed by atoms with E-state index in [1.165, 1.54) is 0 Å². The van der Waals surface area contributed by atoms with Gasteiger partial charge in [-0.2, -0.15) is 13.2 Å². The molecule has 1 aromatic heterocycles. The summed E-state index contributed by atoms with van der Waals surface area (Å²) in [5, 5.41) is -0.386. The van der Waals surface area contributed by atoms with Crippen LogP contribution in [0, 0.1) is 6.92 Å². The van der Waals surface area contributed by atoms with Crippen LogP contribution in [0.25, 0.3) is 0 Å². The molecule has 102 valence electrons. The largest absolute Gasteiger partial charge is 0.443 e. The number of hydrogen-bond acceptors (Lipinski definition) is 3. The molecular formula is C12H10ClF3N2S. The number of nitrogens with zero attached hydrogens (tertiary/aromatic N) is 1. The molecule has 2 aromatic rings. The molecule has 1 unspecified atom stereocenters. The minimum absolute atomic E-state index is 0.356. The van der Waals surface area contributed by atoms with Crippen molar-refractivity contribution in [3.63, 3.8) is 0 Å². The molecular weight excluding hydrogens is 297 g/mol. The molecule has 0 aliphatic heterocycles. The smallest absolute Gasteiger partial charge is 0.320 e. The first kappa shape index (κ1) is 14.3. The van der Waals surface area contributed by atoms with Crippen molar-refractivity contribution in [1.82, 2.24) is 4.98 Å². The molecule has 0 spiro atoms. The number of alkyl halides is 3. The van der Waals surface area contributed by atoms with Crippen molar-refractivity contribution in [2.45, 2.75) is 19.1 Å². The van der Waals surface area contributed by atoms with Crippen molar-refractivity contribution in [1.29, 1.82) is 0 Å². The lowest BCUT2D eigenvalue weighted by Crippen LogP contribution is -2.10. The predicted octanol–water partition coefficient (Wildman–Crippen LogP) is 4.17. The molecule has 0 aliphatic carbocycles. The molecule has 0 saturated heterocycles. The fourth-order valence-electron chi connectivity index (χ4n) is 1.67. The van der Waals surface area contributed by atoms with Crippen molar-refractivity contribution in [3.8, 4) is 0 Å². The highest BCUT2D eigenvalue weighted by molar-refractivity contribution is 7.11. The Morgan fingerprint density at radius 1 is 1.32 bits per heavy atom. The number of halogens is 4. The number of hydrogen-bond donors (Lipinski definition) is 1. The lowest BCUT2D eigenvalue weighted by Gasteiger charge is -2.11. The Kier molecular flexibility index (Phi) is 3.85. The van der Waals surface area contributed by atoms with Gasteiger partial charge in [-0.05, 0) is 30.2 Å². The molecule has 0 radical (unpaired) electrons. The molecule has 7 heteroatoms. The fourth-order valence-corrected chi connectivity index (χ4v) is 2.78. The zero-order valence-corrected chi connectivity index (χ0v) is 11.4. The minimum atomic E-state index is -4.44. The van der Waals surface area contributed by atoms with Gasteiger partial charge in [-0.25, -0.2) is 4.98 Å². The van der Waals surface area contributed by atoms with Crippen LogP contribution < -0.4 is 5.73 Å². The molecule has 0 amide bonds. The lowest BCUT2D eigenvalue weighted by atomic mass is 10.0. The second-order valence-electron chi connectivity index (χ2n) is 4.11. The van der Waals surface area contributed by atoms with E-state index < -0.39 is 17.2 Å². The Hall–Kier alpha value is -1.11. The van der Waals surface area contributed by atoms with E-state index in [4.69, 9.17) is 17.3 Å². The SMILES string of the molecule is Cc1cc(Cl)cc(C(N)c2cnc(C(F)(F)F)s2)c1. The van der Waals surface area contributed by atoms with Gasteiger partial charge in [0, 0.05) is 16.1 Å². The third kappa shape index (κ3) is 3.26. The topological polar surface area (TPSA) is 38.9 Å². The van der Waals surface area contributed by atoms with Gasteiger partial charge in [-0.1, -0.05) is 17.7 Å². The number of thiazole rings is 1. The minimum Gasteiger partial charge on any atom is -0.320 e. The highest BCUT2D eigenvalue weighted by atomic mass is 35.5. The highest BCUT2D eigenvalue weighted by Gasteiger charge is 2.35. The van der Waals surface area contributed by atoms with Gasteiger partial charge in [0.1, 0.15) is 0 Å². The van der Waals surface area contributed by atoms with Crippen LogP contribution in [0.1, 0.15) is 27.1 Å². The maximum atomic E-state index is 12.5. The highest BCUT2D eigenvalue weighted by Crippen LogP contribution is 2.35. The van der Waals surface area contributed by atoms with Gasteiger partial charge in [0.2, 0.25) is 0 Å². The van der Waals surface area contributed by atoms with Crippen LogP contribution in [-0.2, 0) is 6.18 Å². The first-order chi connectivity index (χ1) is 8.77. The van der Waals surface area contributed by atoms with Crippen LogP contribution in [-0.4, -0.2) is 4.98 Å². The average Bonchev–Trinajstić information content (AvgIpc) is 2.75. The maximum absolute atomic E-state index is 12.5. The summed E-state index contributed by atoms with van der Waals surface area (Å²) in [6, 6.07) is 4.53. The zero-order chi connectivity index (χ0) is 14.2. The number of nitrogens with two attached hydrogens (primary N) is 1. The van der Waals surface area contributed by atoms with Crippen LogP contribution in [0.15, 0.2) is 24.4 Å². The number of benzene rings is 1. The van der Waals surface area contributed by atoms with Gasteiger partial charge >= 0.3 is 6.18 Å². The molecule has 1 heterocycles. The Morgan fingerprint density at radius 2 is 2.00 bits per heavy atom. The van der Waals surface area contributed by atoms with E-state index in [0.717, 1.165) is 11.8 Å². The number of aromatic nitrogens is 1. The van der Waals surface area contributed by atoms with Gasteiger partial charge in [0.05, 0.1) is 6.04 Å². The Bertz CT molecular complexity index is 575. The van der Waals surface area contributed by atoms with E-state index in [1.54, 1.807) is 18.2 Å². The standard InChI is InChI=1S/C12H10ClF3N2S/c1-6-2-7(4-8(13)3-6)10(17)9-5-18-11(19-9)12(14,15)16/h2-5,10H,17H2,1H3. The average molecular weight is 307 g/mol. The van der Waals surface area contributed by atoms with Crippen LogP contribution in [0.2, 0.25) is 5.02 Å². The third-order valence-corrected chi connectivity index (χ3v) is 3.84. The molecule has 0 aliphatic rings. The summed E-state index contributed by atoms with van der Waals surface area (Å²) < 4.78 is 37.4. The molecule has 19 heavy (non-hydrogen) atoms. The Balaban J connectivity index is 2.33. The molecule has 1 atom stereocenters. The van der Waals surface area contributed by atoms with Crippen molar-refractivity contribution < 1.29 is 13.2 Å². The predicted molar refractivity (Wildman–Crippen MR) is 69.3 cm³/mol. The summed E-state index contributed by atoms with van der Waals surface area (Å²) in [5.41, 5.74) is 7.53. The van der Waals surface area contributed by atoms with Crippen molar-refractivity contribution >= 4 is 22.9 Å². The lowest BCUT2D eigenvalue weighted by molar-refractivity contribution is -0.137. The van der Waals surface area contributed by atoms with E-state index in [1.807, 2.05) is 6.92 Å². The molecule has 0 fully saturated rings. The van der Waals surface area contributed by atoms with E-state index >= 15 is 0 Å². The molecule has 0 bridgehead atoms. The normalized spacial score (nSPS) is 13.6. The molecule has 2 nitrogen and oxygen atoms in total. The second kappa shape index (κ2) is 5.11. The molecule has 2 rings (SSSR count). The summed E-state index contributed by atoms with van der Waals surface area (Å²) in [4.78, 5) is 3.71. The summed E-state index contributed by atoms with van der Waals surface area (Å²) >= 11 is 6.46. The molecule has 0 saturated carbocycles. The third-order valence-electron chi connectivity index (χ3n) is 2.50. The first-order valence-electron chi connectivity index (χ1n) is 5.33.